The fraction of sp³-hybridized carbons (Fsp3) is 0.414. The van der Waals surface area contributed by atoms with Crippen molar-refractivity contribution in [3.05, 3.63) is 48.3 Å². The Hall–Kier alpha value is -4.43. The number of fused-ring (bicyclic) bond motifs is 1. The fourth-order valence-electron chi connectivity index (χ4n) is 4.41. The quantitative estimate of drug-likeness (QED) is 0.165. The summed E-state index contributed by atoms with van der Waals surface area (Å²) in [5.41, 5.74) is 2.49. The summed E-state index contributed by atoms with van der Waals surface area (Å²) in [4.78, 5) is 37.9. The van der Waals surface area contributed by atoms with Gasteiger partial charge in [0.2, 0.25) is 17.8 Å². The zero-order chi connectivity index (χ0) is 28.3. The second kappa shape index (κ2) is 14.1. The lowest BCUT2D eigenvalue weighted by atomic mass is 10.2. The van der Waals surface area contributed by atoms with Crippen LogP contribution in [0.25, 0.3) is 10.9 Å². The predicted octanol–water partition coefficient (Wildman–Crippen LogP) is 2.89. The molecule has 1 aliphatic rings. The maximum absolute atomic E-state index is 12.7. The van der Waals surface area contributed by atoms with Gasteiger partial charge >= 0.3 is 0 Å². The SMILES string of the molecule is CCNc1nc(Nc2ccc3cn[nH]c3c2)ncc1C#CCCCNC(=O)[C@@H]1CCCN1C(=O)C=CCN(C)C. The van der Waals surface area contributed by atoms with Crippen molar-refractivity contribution in [3.8, 4) is 11.8 Å². The number of aromatic amines is 1. The summed E-state index contributed by atoms with van der Waals surface area (Å²) in [6, 6.07) is 5.47. The van der Waals surface area contributed by atoms with E-state index in [1.165, 1.54) is 0 Å². The van der Waals surface area contributed by atoms with Crippen LogP contribution in [0, 0.1) is 11.8 Å². The molecular weight excluding hydrogens is 506 g/mol. The van der Waals surface area contributed by atoms with Crippen LogP contribution >= 0.6 is 0 Å². The maximum atomic E-state index is 12.7. The first-order chi connectivity index (χ1) is 19.4. The number of nitrogens with zero attached hydrogens (tertiary/aromatic N) is 5. The molecular formula is C29H37N9O2. The zero-order valence-electron chi connectivity index (χ0n) is 23.3. The highest BCUT2D eigenvalue weighted by Gasteiger charge is 2.32. The Labute approximate surface area is 234 Å². The number of anilines is 3. The molecule has 40 heavy (non-hydrogen) atoms. The molecule has 1 atom stereocenters. The van der Waals surface area contributed by atoms with Crippen LogP contribution in [0.15, 0.2) is 42.7 Å². The Balaban J connectivity index is 1.26. The van der Waals surface area contributed by atoms with Gasteiger partial charge in [0.15, 0.2) is 0 Å². The van der Waals surface area contributed by atoms with Gasteiger partial charge < -0.3 is 25.8 Å². The number of unbranched alkanes of at least 4 members (excludes halogenated alkanes) is 1. The van der Waals surface area contributed by atoms with E-state index in [9.17, 15) is 9.59 Å². The molecule has 210 valence electrons. The fourth-order valence-corrected chi connectivity index (χ4v) is 4.41. The van der Waals surface area contributed by atoms with Crippen LogP contribution in [0.4, 0.5) is 17.5 Å². The molecule has 0 saturated carbocycles. The third-order valence-corrected chi connectivity index (χ3v) is 6.40. The Morgan fingerprint density at radius 2 is 2.15 bits per heavy atom. The summed E-state index contributed by atoms with van der Waals surface area (Å²) in [6.07, 6.45) is 9.71. The molecule has 3 aromatic rings. The van der Waals surface area contributed by atoms with Gasteiger partial charge in [0.05, 0.1) is 23.5 Å². The van der Waals surface area contributed by atoms with Crippen molar-refractivity contribution in [1.29, 1.82) is 0 Å². The molecule has 0 spiro atoms. The highest BCUT2D eigenvalue weighted by atomic mass is 16.2. The summed E-state index contributed by atoms with van der Waals surface area (Å²) in [5.74, 6) is 7.23. The molecule has 0 unspecified atom stereocenters. The lowest BCUT2D eigenvalue weighted by molar-refractivity contribution is -0.135. The summed E-state index contributed by atoms with van der Waals surface area (Å²) in [5, 5.41) is 17.5. The van der Waals surface area contributed by atoms with E-state index < -0.39 is 6.04 Å². The number of hydrogen-bond acceptors (Lipinski definition) is 8. The predicted molar refractivity (Wildman–Crippen MR) is 157 cm³/mol. The molecule has 0 radical (unpaired) electrons. The van der Waals surface area contributed by atoms with Crippen molar-refractivity contribution >= 4 is 40.2 Å². The minimum absolute atomic E-state index is 0.0996. The molecule has 1 saturated heterocycles. The molecule has 1 aliphatic heterocycles. The van der Waals surface area contributed by atoms with Crippen LogP contribution in [0.1, 0.15) is 38.2 Å². The minimum Gasteiger partial charge on any atom is -0.369 e. The molecule has 2 aromatic heterocycles. The Morgan fingerprint density at radius 1 is 1.27 bits per heavy atom. The van der Waals surface area contributed by atoms with Gasteiger partial charge in [-0.2, -0.15) is 10.1 Å². The summed E-state index contributed by atoms with van der Waals surface area (Å²) in [7, 11) is 3.89. The highest BCUT2D eigenvalue weighted by molar-refractivity contribution is 5.93. The van der Waals surface area contributed by atoms with Crippen LogP contribution in [-0.4, -0.2) is 88.1 Å². The first-order valence-electron chi connectivity index (χ1n) is 13.6. The number of amides is 2. The first kappa shape index (κ1) is 28.6. The molecule has 0 bridgehead atoms. The normalized spacial score (nSPS) is 14.9. The first-order valence-corrected chi connectivity index (χ1v) is 13.6. The van der Waals surface area contributed by atoms with Crippen molar-refractivity contribution in [3.63, 3.8) is 0 Å². The van der Waals surface area contributed by atoms with Crippen LogP contribution in [-0.2, 0) is 9.59 Å². The Morgan fingerprint density at radius 3 is 2.98 bits per heavy atom. The van der Waals surface area contributed by atoms with Crippen molar-refractivity contribution in [1.82, 2.24) is 35.3 Å². The average molecular weight is 544 g/mol. The number of likely N-dealkylation sites (N-methyl/N-ethyl adjacent to an activating group) is 1. The van der Waals surface area contributed by atoms with Gasteiger partial charge in [-0.15, -0.1) is 0 Å². The van der Waals surface area contributed by atoms with Gasteiger partial charge in [-0.1, -0.05) is 17.9 Å². The Bertz CT molecular complexity index is 1400. The number of rotatable bonds is 11. The number of carbonyl (C=O) groups excluding carboxylic acids is 2. The maximum Gasteiger partial charge on any atom is 0.246 e. The van der Waals surface area contributed by atoms with Crippen LogP contribution in [0.2, 0.25) is 0 Å². The van der Waals surface area contributed by atoms with Crippen molar-refractivity contribution in [2.75, 3.05) is 50.9 Å². The lowest BCUT2D eigenvalue weighted by Gasteiger charge is -2.22. The number of nitrogens with one attached hydrogen (secondary N) is 4. The minimum atomic E-state index is -0.407. The molecule has 4 N–H and O–H groups in total. The summed E-state index contributed by atoms with van der Waals surface area (Å²) < 4.78 is 0. The van der Waals surface area contributed by atoms with E-state index in [2.05, 4.69) is 48.0 Å². The molecule has 3 heterocycles. The van der Waals surface area contributed by atoms with Gasteiger partial charge in [0, 0.05) is 49.7 Å². The number of hydrogen-bond donors (Lipinski definition) is 4. The second-order valence-corrected chi connectivity index (χ2v) is 9.83. The standard InChI is InChI=1S/C29H37N9O2/c1-4-30-27-22(19-32-29(35-27)34-23-14-13-21-20-33-36-24(21)18-23)10-6-5-7-15-31-28(40)25-11-8-17-38(25)26(39)12-9-16-37(2)3/h9,12-14,18-20,25H,4-5,7-8,11,15-17H2,1-3H3,(H,31,40)(H,33,36)(H2,30,32,34,35)/t25-/m0/s1. The van der Waals surface area contributed by atoms with E-state index in [4.69, 9.17) is 0 Å². The molecule has 11 heteroatoms. The number of benzene rings is 1. The van der Waals surface area contributed by atoms with E-state index in [-0.39, 0.29) is 11.8 Å². The van der Waals surface area contributed by atoms with Crippen LogP contribution in [0.5, 0.6) is 0 Å². The largest absolute Gasteiger partial charge is 0.369 e. The van der Waals surface area contributed by atoms with Gasteiger partial charge in [-0.3, -0.25) is 14.7 Å². The molecule has 1 aromatic carbocycles. The molecule has 0 aliphatic carbocycles. The molecule has 1 fully saturated rings. The third-order valence-electron chi connectivity index (χ3n) is 6.40. The van der Waals surface area contributed by atoms with Gasteiger partial charge in [-0.05, 0) is 58.5 Å². The van der Waals surface area contributed by atoms with Gasteiger partial charge in [0.25, 0.3) is 0 Å². The van der Waals surface area contributed by atoms with Crippen molar-refractivity contribution in [2.24, 2.45) is 0 Å². The van der Waals surface area contributed by atoms with Crippen LogP contribution in [0.3, 0.4) is 0 Å². The smallest absolute Gasteiger partial charge is 0.246 e. The molecule has 11 nitrogen and oxygen atoms in total. The monoisotopic (exact) mass is 543 g/mol. The van der Waals surface area contributed by atoms with E-state index >= 15 is 0 Å². The summed E-state index contributed by atoms with van der Waals surface area (Å²) in [6.45, 7) is 4.50. The van der Waals surface area contributed by atoms with E-state index in [0.717, 1.165) is 23.0 Å². The van der Waals surface area contributed by atoms with E-state index in [1.54, 1.807) is 23.4 Å². The lowest BCUT2D eigenvalue weighted by Crippen LogP contribution is -2.45. The molecule has 2 amide bonds. The van der Waals surface area contributed by atoms with Crippen molar-refractivity contribution < 1.29 is 9.59 Å². The summed E-state index contributed by atoms with van der Waals surface area (Å²) >= 11 is 0. The second-order valence-electron chi connectivity index (χ2n) is 9.83. The van der Waals surface area contributed by atoms with Gasteiger partial charge in [0.1, 0.15) is 11.9 Å². The number of carbonyl (C=O) groups is 2. The van der Waals surface area contributed by atoms with Crippen LogP contribution < -0.4 is 16.0 Å². The Kier molecular flexibility index (Phi) is 10.1. The number of aromatic nitrogens is 4. The number of H-pyrrole nitrogens is 1. The zero-order valence-corrected chi connectivity index (χ0v) is 23.3. The highest BCUT2D eigenvalue weighted by Crippen LogP contribution is 2.21. The average Bonchev–Trinajstić information content (AvgIpc) is 3.61. The van der Waals surface area contributed by atoms with E-state index in [1.807, 2.05) is 50.2 Å². The number of likely N-dealkylation sites (tertiary alicyclic amines) is 1. The topological polar surface area (TPSA) is 131 Å². The van der Waals surface area contributed by atoms with E-state index in [0.29, 0.717) is 62.8 Å². The molecule has 4 rings (SSSR count). The van der Waals surface area contributed by atoms with Gasteiger partial charge in [-0.25, -0.2) is 4.98 Å². The van der Waals surface area contributed by atoms with Crippen molar-refractivity contribution in [2.45, 2.75) is 38.6 Å². The third kappa shape index (κ3) is 7.80.